The molecule has 1 nitrogen and oxygen atoms in total. The molecule has 0 spiro atoms. The molecule has 19 heavy (non-hydrogen) atoms. The summed E-state index contributed by atoms with van der Waals surface area (Å²) >= 11 is 5.21. The first kappa shape index (κ1) is 12.7. The van der Waals surface area contributed by atoms with Gasteiger partial charge in [-0.05, 0) is 34.5 Å². The van der Waals surface area contributed by atoms with Gasteiger partial charge in [-0.15, -0.1) is 11.3 Å². The molecule has 1 aromatic heterocycles. The van der Waals surface area contributed by atoms with Crippen LogP contribution in [0.25, 0.3) is 10.1 Å². The van der Waals surface area contributed by atoms with Crippen molar-refractivity contribution in [2.24, 2.45) is 0 Å². The Morgan fingerprint density at radius 1 is 1.00 bits per heavy atom. The van der Waals surface area contributed by atoms with Crippen molar-refractivity contribution in [3.63, 3.8) is 0 Å². The highest BCUT2D eigenvalue weighted by Crippen LogP contribution is 2.26. The third-order valence-electron chi connectivity index (χ3n) is 3.03. The van der Waals surface area contributed by atoms with E-state index in [0.717, 1.165) is 11.1 Å². The lowest BCUT2D eigenvalue weighted by Crippen LogP contribution is -1.94. The van der Waals surface area contributed by atoms with Crippen molar-refractivity contribution in [3.8, 4) is 5.75 Å². The molecular formula is C16H13BrOS. The molecule has 0 radical (unpaired) electrons. The van der Waals surface area contributed by atoms with Gasteiger partial charge in [0.1, 0.15) is 12.4 Å². The first-order valence-corrected chi connectivity index (χ1v) is 8.10. The van der Waals surface area contributed by atoms with Gasteiger partial charge in [-0.1, -0.05) is 46.3 Å². The number of hydrogen-bond donors (Lipinski definition) is 0. The summed E-state index contributed by atoms with van der Waals surface area (Å²) in [6.07, 6.45) is 0. The Morgan fingerprint density at radius 2 is 1.79 bits per heavy atom. The van der Waals surface area contributed by atoms with Crippen molar-refractivity contribution >= 4 is 37.4 Å². The summed E-state index contributed by atoms with van der Waals surface area (Å²) in [6.45, 7) is 0.623. The number of benzene rings is 2. The van der Waals surface area contributed by atoms with Crippen molar-refractivity contribution < 1.29 is 4.74 Å². The van der Waals surface area contributed by atoms with Crippen LogP contribution in [-0.2, 0) is 11.9 Å². The second-order valence-corrected chi connectivity index (χ2v) is 5.80. The second kappa shape index (κ2) is 5.76. The Balaban J connectivity index is 1.74. The number of fused-ring (bicyclic) bond motifs is 1. The van der Waals surface area contributed by atoms with Crippen molar-refractivity contribution in [1.29, 1.82) is 0 Å². The lowest BCUT2D eigenvalue weighted by molar-refractivity contribution is 0.308. The quantitative estimate of drug-likeness (QED) is 0.583. The molecular weight excluding hydrogens is 320 g/mol. The number of rotatable bonds is 4. The minimum absolute atomic E-state index is 0.623. The summed E-state index contributed by atoms with van der Waals surface area (Å²) in [7, 11) is 0. The highest BCUT2D eigenvalue weighted by Gasteiger charge is 2.04. The summed E-state index contributed by atoms with van der Waals surface area (Å²) in [5, 5.41) is 4.35. The molecule has 0 saturated carbocycles. The summed E-state index contributed by atoms with van der Waals surface area (Å²) in [5.74, 6) is 0.917. The number of thiophene rings is 1. The van der Waals surface area contributed by atoms with E-state index in [1.165, 1.54) is 21.2 Å². The smallest absolute Gasteiger partial charge is 0.119 e. The van der Waals surface area contributed by atoms with Crippen LogP contribution < -0.4 is 4.74 Å². The molecule has 0 unspecified atom stereocenters. The van der Waals surface area contributed by atoms with E-state index in [1.54, 1.807) is 11.3 Å². The van der Waals surface area contributed by atoms with E-state index in [0.29, 0.717) is 6.61 Å². The summed E-state index contributed by atoms with van der Waals surface area (Å²) in [6, 6.07) is 16.6. The summed E-state index contributed by atoms with van der Waals surface area (Å²) in [4.78, 5) is 0. The van der Waals surface area contributed by atoms with Crippen molar-refractivity contribution in [2.45, 2.75) is 11.9 Å². The summed E-state index contributed by atoms with van der Waals surface area (Å²) < 4.78 is 7.16. The van der Waals surface area contributed by atoms with Crippen LogP contribution in [0.3, 0.4) is 0 Å². The molecule has 3 rings (SSSR count). The van der Waals surface area contributed by atoms with E-state index in [-0.39, 0.29) is 0 Å². The Labute approximate surface area is 125 Å². The van der Waals surface area contributed by atoms with Crippen LogP contribution in [0.15, 0.2) is 53.9 Å². The zero-order valence-electron chi connectivity index (χ0n) is 10.3. The van der Waals surface area contributed by atoms with E-state index in [1.807, 2.05) is 12.1 Å². The molecule has 0 amide bonds. The van der Waals surface area contributed by atoms with Gasteiger partial charge >= 0.3 is 0 Å². The first-order valence-electron chi connectivity index (χ1n) is 6.09. The molecule has 0 bridgehead atoms. The van der Waals surface area contributed by atoms with Crippen LogP contribution >= 0.6 is 27.3 Å². The standard InChI is InChI=1S/C16H13BrOS/c17-9-12-5-7-14(8-6-12)18-10-13-11-19-16-4-2-1-3-15(13)16/h1-8,11H,9-10H2. The summed E-state index contributed by atoms with van der Waals surface area (Å²) in [5.41, 5.74) is 2.51. The predicted octanol–water partition coefficient (Wildman–Crippen LogP) is 5.38. The van der Waals surface area contributed by atoms with Crippen LogP contribution in [0, 0.1) is 0 Å². The van der Waals surface area contributed by atoms with Crippen molar-refractivity contribution in [3.05, 3.63) is 65.0 Å². The molecule has 3 heteroatoms. The van der Waals surface area contributed by atoms with Crippen molar-refractivity contribution in [2.75, 3.05) is 0 Å². The van der Waals surface area contributed by atoms with Gasteiger partial charge in [0.15, 0.2) is 0 Å². The predicted molar refractivity (Wildman–Crippen MR) is 85.2 cm³/mol. The Bertz CT molecular complexity index is 673. The number of hydrogen-bond acceptors (Lipinski definition) is 2. The lowest BCUT2D eigenvalue weighted by Gasteiger charge is -2.06. The van der Waals surface area contributed by atoms with Gasteiger partial charge in [0.25, 0.3) is 0 Å². The highest BCUT2D eigenvalue weighted by atomic mass is 79.9. The molecule has 1 heterocycles. The minimum Gasteiger partial charge on any atom is -0.489 e. The van der Waals surface area contributed by atoms with Crippen LogP contribution in [0.5, 0.6) is 5.75 Å². The number of halogens is 1. The zero-order chi connectivity index (χ0) is 13.1. The van der Waals surface area contributed by atoms with Gasteiger partial charge in [-0.25, -0.2) is 0 Å². The first-order chi connectivity index (χ1) is 9.36. The fourth-order valence-corrected chi connectivity index (χ4v) is 3.30. The number of alkyl halides is 1. The van der Waals surface area contributed by atoms with E-state index in [4.69, 9.17) is 4.74 Å². The third-order valence-corrected chi connectivity index (χ3v) is 4.69. The third kappa shape index (κ3) is 2.82. The topological polar surface area (TPSA) is 9.23 Å². The molecule has 2 aromatic carbocycles. The molecule has 0 aliphatic rings. The second-order valence-electron chi connectivity index (χ2n) is 4.32. The lowest BCUT2D eigenvalue weighted by atomic mass is 10.2. The van der Waals surface area contributed by atoms with Crippen LogP contribution in [0.4, 0.5) is 0 Å². The van der Waals surface area contributed by atoms with Crippen LogP contribution in [-0.4, -0.2) is 0 Å². The normalized spacial score (nSPS) is 10.8. The van der Waals surface area contributed by atoms with Gasteiger partial charge in [-0.2, -0.15) is 0 Å². The van der Waals surface area contributed by atoms with Gasteiger partial charge < -0.3 is 4.74 Å². The van der Waals surface area contributed by atoms with Gasteiger partial charge in [0, 0.05) is 15.6 Å². The minimum atomic E-state index is 0.623. The fourth-order valence-electron chi connectivity index (χ4n) is 1.98. The maximum absolute atomic E-state index is 5.85. The Kier molecular flexibility index (Phi) is 3.85. The molecule has 0 fully saturated rings. The fraction of sp³-hybridized carbons (Fsp3) is 0.125. The molecule has 0 aliphatic heterocycles. The number of ether oxygens (including phenoxy) is 1. The molecule has 96 valence electrons. The molecule has 0 N–H and O–H groups in total. The molecule has 0 atom stereocenters. The van der Waals surface area contributed by atoms with Gasteiger partial charge in [-0.3, -0.25) is 0 Å². The SMILES string of the molecule is BrCc1ccc(OCc2csc3ccccc23)cc1. The van der Waals surface area contributed by atoms with Gasteiger partial charge in [0.05, 0.1) is 0 Å². The van der Waals surface area contributed by atoms with E-state index in [2.05, 4.69) is 57.7 Å². The molecule has 0 saturated heterocycles. The average Bonchev–Trinajstić information content (AvgIpc) is 2.89. The maximum Gasteiger partial charge on any atom is 0.119 e. The zero-order valence-corrected chi connectivity index (χ0v) is 12.7. The largest absolute Gasteiger partial charge is 0.489 e. The van der Waals surface area contributed by atoms with E-state index in [9.17, 15) is 0 Å². The van der Waals surface area contributed by atoms with Crippen LogP contribution in [0.2, 0.25) is 0 Å². The van der Waals surface area contributed by atoms with E-state index < -0.39 is 0 Å². The average molecular weight is 333 g/mol. The monoisotopic (exact) mass is 332 g/mol. The molecule has 0 aliphatic carbocycles. The van der Waals surface area contributed by atoms with E-state index >= 15 is 0 Å². The Morgan fingerprint density at radius 3 is 2.58 bits per heavy atom. The van der Waals surface area contributed by atoms with Crippen LogP contribution in [0.1, 0.15) is 11.1 Å². The Hall–Kier alpha value is -1.32. The molecule has 3 aromatic rings. The van der Waals surface area contributed by atoms with Gasteiger partial charge in [0.2, 0.25) is 0 Å². The highest BCUT2D eigenvalue weighted by molar-refractivity contribution is 9.08. The maximum atomic E-state index is 5.85. The van der Waals surface area contributed by atoms with Crippen molar-refractivity contribution in [1.82, 2.24) is 0 Å².